The lowest BCUT2D eigenvalue weighted by Crippen LogP contribution is -2.51. The van der Waals surface area contributed by atoms with Gasteiger partial charge in [-0.2, -0.15) is 5.26 Å². The smallest absolute Gasteiger partial charge is 0.409 e. The van der Waals surface area contributed by atoms with Gasteiger partial charge in [-0.3, -0.25) is 5.32 Å². The fourth-order valence-electron chi connectivity index (χ4n) is 2.55. The van der Waals surface area contributed by atoms with Crippen LogP contribution in [0.4, 0.5) is 9.59 Å². The molecule has 2 rings (SSSR count). The molecule has 0 saturated carbocycles. The Balaban J connectivity index is 1.85. The predicted octanol–water partition coefficient (Wildman–Crippen LogP) is 1.62. The number of nitrogens with zero attached hydrogens (tertiary/aromatic N) is 3. The molecule has 3 amide bonds. The van der Waals surface area contributed by atoms with Gasteiger partial charge in [0.15, 0.2) is 0 Å². The molecule has 0 spiro atoms. The Morgan fingerprint density at radius 3 is 2.46 bits per heavy atom. The fraction of sp³-hybridized carbons (Fsp3) is 0.389. The average Bonchev–Trinajstić information content (AvgIpc) is 2.67. The lowest BCUT2D eigenvalue weighted by molar-refractivity contribution is 0.0856. The lowest BCUT2D eigenvalue weighted by Gasteiger charge is -2.36. The van der Waals surface area contributed by atoms with E-state index in [1.165, 1.54) is 6.08 Å². The van der Waals surface area contributed by atoms with E-state index >= 15 is 0 Å². The van der Waals surface area contributed by atoms with Crippen LogP contribution < -0.4 is 10.6 Å². The van der Waals surface area contributed by atoms with E-state index in [1.54, 1.807) is 11.8 Å². The van der Waals surface area contributed by atoms with Crippen LogP contribution in [0, 0.1) is 11.3 Å². The maximum atomic E-state index is 12.1. The van der Waals surface area contributed by atoms with E-state index in [2.05, 4.69) is 10.6 Å². The van der Waals surface area contributed by atoms with E-state index < -0.39 is 0 Å². The zero-order valence-electron chi connectivity index (χ0n) is 14.8. The van der Waals surface area contributed by atoms with E-state index in [9.17, 15) is 9.59 Å². The standard InChI is InChI=1S/C18H23N5O3/c1-2-26-18(25)23-12-10-22(11-13-23)16(8-9-19)21-17(24)20-14-15-6-4-3-5-7-15/h3-8H,2,10-14H2,1H3,(H2,20,21,24)/b16-8-. The molecule has 0 aromatic heterocycles. The number of ether oxygens (including phenoxy) is 1. The Hall–Kier alpha value is -3.21. The summed E-state index contributed by atoms with van der Waals surface area (Å²) < 4.78 is 4.98. The van der Waals surface area contributed by atoms with Crippen molar-refractivity contribution in [3.8, 4) is 6.07 Å². The first-order valence-electron chi connectivity index (χ1n) is 8.49. The number of rotatable bonds is 5. The van der Waals surface area contributed by atoms with Crippen LogP contribution in [0.5, 0.6) is 0 Å². The summed E-state index contributed by atoms with van der Waals surface area (Å²) >= 11 is 0. The van der Waals surface area contributed by atoms with Gasteiger partial charge in [-0.15, -0.1) is 0 Å². The van der Waals surface area contributed by atoms with Gasteiger partial charge in [0.25, 0.3) is 0 Å². The van der Waals surface area contributed by atoms with Crippen LogP contribution in [0.25, 0.3) is 0 Å². The molecule has 26 heavy (non-hydrogen) atoms. The Bertz CT molecular complexity index is 676. The minimum atomic E-state index is -0.386. The number of hydrogen-bond donors (Lipinski definition) is 2. The molecule has 138 valence electrons. The maximum Gasteiger partial charge on any atom is 0.409 e. The second-order valence-electron chi connectivity index (χ2n) is 5.62. The van der Waals surface area contributed by atoms with E-state index in [-0.39, 0.29) is 12.1 Å². The second kappa shape index (κ2) is 9.93. The highest BCUT2D eigenvalue weighted by molar-refractivity contribution is 5.75. The first-order chi connectivity index (χ1) is 12.6. The number of urea groups is 1. The number of allylic oxidation sites excluding steroid dienone is 1. The largest absolute Gasteiger partial charge is 0.450 e. The number of nitrogens with one attached hydrogen (secondary N) is 2. The van der Waals surface area contributed by atoms with Gasteiger partial charge in [0.1, 0.15) is 5.82 Å². The van der Waals surface area contributed by atoms with Crippen molar-refractivity contribution in [2.24, 2.45) is 0 Å². The zero-order valence-corrected chi connectivity index (χ0v) is 14.8. The fourth-order valence-corrected chi connectivity index (χ4v) is 2.55. The molecule has 1 heterocycles. The number of amides is 3. The number of benzene rings is 1. The number of carbonyl (C=O) groups is 2. The normalized spacial score (nSPS) is 14.4. The van der Waals surface area contributed by atoms with Gasteiger partial charge in [-0.05, 0) is 12.5 Å². The van der Waals surface area contributed by atoms with Crippen molar-refractivity contribution in [1.29, 1.82) is 5.26 Å². The van der Waals surface area contributed by atoms with Gasteiger partial charge in [0.2, 0.25) is 0 Å². The molecule has 2 N–H and O–H groups in total. The van der Waals surface area contributed by atoms with E-state index in [0.717, 1.165) is 5.56 Å². The van der Waals surface area contributed by atoms with Crippen LogP contribution in [-0.2, 0) is 11.3 Å². The molecule has 0 aliphatic carbocycles. The van der Waals surface area contributed by atoms with Gasteiger partial charge >= 0.3 is 12.1 Å². The first-order valence-corrected chi connectivity index (χ1v) is 8.49. The van der Waals surface area contributed by atoms with Crippen molar-refractivity contribution >= 4 is 12.1 Å². The van der Waals surface area contributed by atoms with Crippen molar-refractivity contribution in [2.45, 2.75) is 13.5 Å². The molecule has 0 atom stereocenters. The highest BCUT2D eigenvalue weighted by atomic mass is 16.6. The van der Waals surface area contributed by atoms with Crippen molar-refractivity contribution in [3.05, 3.63) is 47.8 Å². The zero-order chi connectivity index (χ0) is 18.8. The van der Waals surface area contributed by atoms with E-state index in [0.29, 0.717) is 45.2 Å². The number of carbonyl (C=O) groups excluding carboxylic acids is 2. The molecule has 0 radical (unpaired) electrons. The Kier molecular flexibility index (Phi) is 7.31. The summed E-state index contributed by atoms with van der Waals surface area (Å²) in [6, 6.07) is 11.1. The molecule has 1 aliphatic heterocycles. The summed E-state index contributed by atoms with van der Waals surface area (Å²) in [5.41, 5.74) is 0.983. The topological polar surface area (TPSA) is 97.7 Å². The molecule has 0 unspecified atom stereocenters. The SMILES string of the molecule is CCOC(=O)N1CCN(/C(=C\C#N)NC(=O)NCc2ccccc2)CC1. The molecule has 8 nitrogen and oxygen atoms in total. The van der Waals surface area contributed by atoms with E-state index in [1.807, 2.05) is 41.3 Å². The van der Waals surface area contributed by atoms with Crippen LogP contribution >= 0.6 is 0 Å². The minimum absolute atomic E-state index is 0.335. The molecule has 1 aromatic rings. The Labute approximate surface area is 153 Å². The summed E-state index contributed by atoms with van der Waals surface area (Å²) in [7, 11) is 0. The quantitative estimate of drug-likeness (QED) is 0.781. The van der Waals surface area contributed by atoms with Gasteiger partial charge in [-0.1, -0.05) is 30.3 Å². The van der Waals surface area contributed by atoms with Crippen molar-refractivity contribution in [2.75, 3.05) is 32.8 Å². The van der Waals surface area contributed by atoms with Crippen molar-refractivity contribution < 1.29 is 14.3 Å². The first kappa shape index (κ1) is 19.1. The van der Waals surface area contributed by atoms with Gasteiger partial charge in [-0.25, -0.2) is 9.59 Å². The van der Waals surface area contributed by atoms with Gasteiger partial charge < -0.3 is 19.9 Å². The molecular weight excluding hydrogens is 334 g/mol. The highest BCUT2D eigenvalue weighted by Gasteiger charge is 2.23. The Morgan fingerprint density at radius 1 is 1.19 bits per heavy atom. The third kappa shape index (κ3) is 5.70. The number of nitriles is 1. The molecule has 1 aliphatic rings. The number of hydrogen-bond acceptors (Lipinski definition) is 5. The van der Waals surface area contributed by atoms with Crippen molar-refractivity contribution in [3.63, 3.8) is 0 Å². The molecule has 0 bridgehead atoms. The van der Waals surface area contributed by atoms with Crippen LogP contribution in [0.2, 0.25) is 0 Å². The maximum absolute atomic E-state index is 12.1. The minimum Gasteiger partial charge on any atom is -0.450 e. The Morgan fingerprint density at radius 2 is 1.85 bits per heavy atom. The van der Waals surface area contributed by atoms with Crippen molar-refractivity contribution in [1.82, 2.24) is 20.4 Å². The molecule has 1 saturated heterocycles. The predicted molar refractivity (Wildman–Crippen MR) is 95.7 cm³/mol. The molecule has 1 fully saturated rings. The van der Waals surface area contributed by atoms with Gasteiger partial charge in [0, 0.05) is 32.7 Å². The molecule has 8 heteroatoms. The molecule has 1 aromatic carbocycles. The third-order valence-corrected chi connectivity index (χ3v) is 3.89. The summed E-state index contributed by atoms with van der Waals surface area (Å²) in [5.74, 6) is 0.418. The third-order valence-electron chi connectivity index (χ3n) is 3.89. The summed E-state index contributed by atoms with van der Waals surface area (Å²) in [6.45, 7) is 4.44. The van der Waals surface area contributed by atoms with Crippen LogP contribution in [-0.4, -0.2) is 54.7 Å². The summed E-state index contributed by atoms with van der Waals surface area (Å²) in [5, 5.41) is 14.5. The monoisotopic (exact) mass is 357 g/mol. The average molecular weight is 357 g/mol. The van der Waals surface area contributed by atoms with Gasteiger partial charge in [0.05, 0.1) is 18.8 Å². The second-order valence-corrected chi connectivity index (χ2v) is 5.62. The summed E-state index contributed by atoms with van der Waals surface area (Å²) in [6.07, 6.45) is 0.953. The van der Waals surface area contributed by atoms with Crippen LogP contribution in [0.1, 0.15) is 12.5 Å². The highest BCUT2D eigenvalue weighted by Crippen LogP contribution is 2.09. The van der Waals surface area contributed by atoms with Crippen LogP contribution in [0.15, 0.2) is 42.2 Å². The lowest BCUT2D eigenvalue weighted by atomic mass is 10.2. The number of piperazine rings is 1. The summed E-state index contributed by atoms with van der Waals surface area (Å²) in [4.78, 5) is 27.3. The molecular formula is C18H23N5O3. The van der Waals surface area contributed by atoms with Crippen LogP contribution in [0.3, 0.4) is 0 Å². The van der Waals surface area contributed by atoms with E-state index in [4.69, 9.17) is 10.00 Å².